The van der Waals surface area contributed by atoms with E-state index in [1.54, 1.807) is 0 Å². The molecular formula is C6H4N2O3S3. The Labute approximate surface area is 94.9 Å². The van der Waals surface area contributed by atoms with Crippen LogP contribution in [0.4, 0.5) is 0 Å². The highest BCUT2D eigenvalue weighted by molar-refractivity contribution is 7.98. The third-order valence-electron chi connectivity index (χ3n) is 1.32. The fourth-order valence-electron chi connectivity index (χ4n) is 0.784. The molecule has 14 heavy (non-hydrogen) atoms. The number of hydrogen-bond acceptors (Lipinski definition) is 4. The van der Waals surface area contributed by atoms with Gasteiger partial charge in [0.15, 0.2) is 5.82 Å². The lowest BCUT2D eigenvalue weighted by molar-refractivity contribution is 0.105. The molecule has 0 bridgehead atoms. The Balaban J connectivity index is 3.33. The summed E-state index contributed by atoms with van der Waals surface area (Å²) in [4.78, 5) is 38.4. The number of H-pyrrole nitrogens is 1. The van der Waals surface area contributed by atoms with Crippen molar-refractivity contribution in [2.24, 2.45) is 0 Å². The summed E-state index contributed by atoms with van der Waals surface area (Å²) in [5, 5.41) is -2.10. The van der Waals surface area contributed by atoms with Crippen molar-refractivity contribution in [2.45, 2.75) is 0 Å². The molecule has 0 spiro atoms. The van der Waals surface area contributed by atoms with Crippen LogP contribution in [0, 0.1) is 0 Å². The summed E-state index contributed by atoms with van der Waals surface area (Å²) in [6.07, 6.45) is 0. The maximum atomic E-state index is 10.9. The molecule has 0 unspecified atom stereocenters. The fourth-order valence-corrected chi connectivity index (χ4v) is 1.21. The molecule has 0 amide bonds. The van der Waals surface area contributed by atoms with E-state index in [1.165, 1.54) is 0 Å². The summed E-state index contributed by atoms with van der Waals surface area (Å²) >= 11 is 10.5. The highest BCUT2D eigenvalue weighted by Gasteiger charge is 2.20. The predicted octanol–water partition coefficient (Wildman–Crippen LogP) is 0.620. The summed E-state index contributed by atoms with van der Waals surface area (Å²) in [5.41, 5.74) is -0.392. The van der Waals surface area contributed by atoms with Crippen molar-refractivity contribution in [1.82, 2.24) is 9.97 Å². The molecule has 74 valence electrons. The van der Waals surface area contributed by atoms with Gasteiger partial charge in [-0.25, -0.2) is 4.98 Å². The molecule has 0 fully saturated rings. The van der Waals surface area contributed by atoms with Crippen LogP contribution >= 0.6 is 37.9 Å². The molecule has 5 nitrogen and oxygen atoms in total. The van der Waals surface area contributed by atoms with Crippen LogP contribution in [0.15, 0.2) is 0 Å². The molecule has 0 aromatic carbocycles. The fraction of sp³-hybridized carbons (Fsp3) is 0. The highest BCUT2D eigenvalue weighted by atomic mass is 32.1. The third kappa shape index (κ3) is 2.20. The number of imidazole rings is 1. The van der Waals surface area contributed by atoms with Crippen molar-refractivity contribution >= 4 is 53.2 Å². The second kappa shape index (κ2) is 4.20. The summed E-state index contributed by atoms with van der Waals surface area (Å²) in [6, 6.07) is 0. The largest absolute Gasteiger partial charge is 0.331 e. The molecule has 0 radical (unpaired) electrons. The molecule has 0 aliphatic heterocycles. The number of nitrogens with zero attached hydrogens (tertiary/aromatic N) is 1. The Morgan fingerprint density at radius 3 is 1.86 bits per heavy atom. The molecule has 0 atom stereocenters. The van der Waals surface area contributed by atoms with E-state index in [0.717, 1.165) is 0 Å². The van der Waals surface area contributed by atoms with Crippen LogP contribution in [0.5, 0.6) is 0 Å². The summed E-state index contributed by atoms with van der Waals surface area (Å²) in [6.45, 7) is 0. The molecule has 1 heterocycles. The first kappa shape index (κ1) is 11.3. The van der Waals surface area contributed by atoms with Crippen molar-refractivity contribution < 1.29 is 14.4 Å². The van der Waals surface area contributed by atoms with Crippen LogP contribution < -0.4 is 0 Å². The van der Waals surface area contributed by atoms with Crippen LogP contribution in [0.2, 0.25) is 0 Å². The maximum absolute atomic E-state index is 10.9. The Bertz CT molecular complexity index is 394. The number of hydrogen-bond donors (Lipinski definition) is 4. The summed E-state index contributed by atoms with van der Waals surface area (Å²) < 4.78 is 0. The average molecular weight is 248 g/mol. The zero-order valence-corrected chi connectivity index (χ0v) is 9.20. The van der Waals surface area contributed by atoms with Gasteiger partial charge in [0, 0.05) is 0 Å². The minimum Gasteiger partial charge on any atom is -0.331 e. The Hall–Kier alpha value is -0.730. The summed E-state index contributed by atoms with van der Waals surface area (Å²) in [7, 11) is 0. The van der Waals surface area contributed by atoms with Gasteiger partial charge in [-0.1, -0.05) is 37.9 Å². The van der Waals surface area contributed by atoms with Crippen LogP contribution in [-0.2, 0) is 0 Å². The van der Waals surface area contributed by atoms with E-state index in [-0.39, 0.29) is 17.2 Å². The Morgan fingerprint density at radius 2 is 1.57 bits per heavy atom. The first-order chi connectivity index (χ1) is 6.43. The number of nitrogens with one attached hydrogen (secondary N) is 1. The maximum Gasteiger partial charge on any atom is 0.251 e. The standard InChI is InChI=1S/C6H4N2O3S3/c9-4(12)1-2(5(10)13)8-3(7-1)6(11)14/h(H,7,8)(H,9,12)(H,10,13)(H,11,14). The lowest BCUT2D eigenvalue weighted by Gasteiger charge is -1.89. The Kier molecular flexibility index (Phi) is 3.40. The van der Waals surface area contributed by atoms with Crippen molar-refractivity contribution in [3.05, 3.63) is 17.2 Å². The van der Waals surface area contributed by atoms with Crippen molar-refractivity contribution in [3.8, 4) is 0 Å². The van der Waals surface area contributed by atoms with Gasteiger partial charge in [0.2, 0.25) is 10.2 Å². The first-order valence-corrected chi connectivity index (χ1v) is 4.57. The van der Waals surface area contributed by atoms with E-state index in [2.05, 4.69) is 47.9 Å². The normalized spacial score (nSPS) is 9.93. The molecule has 1 aromatic heterocycles. The molecule has 1 rings (SSSR count). The monoisotopic (exact) mass is 248 g/mol. The first-order valence-electron chi connectivity index (χ1n) is 3.23. The van der Waals surface area contributed by atoms with Crippen LogP contribution in [0.1, 0.15) is 31.6 Å². The lowest BCUT2D eigenvalue weighted by atomic mass is 10.4. The van der Waals surface area contributed by atoms with Gasteiger partial charge in [0.1, 0.15) is 11.4 Å². The second-order valence-corrected chi connectivity index (χ2v) is 3.44. The average Bonchev–Trinajstić information content (AvgIpc) is 2.47. The van der Waals surface area contributed by atoms with Gasteiger partial charge in [-0.15, -0.1) is 0 Å². The second-order valence-electron chi connectivity index (χ2n) is 2.22. The SMILES string of the molecule is O=C(S)c1nc(C(=O)S)c(C(=O)S)[nH]1. The number of carbonyl (C=O) groups excluding carboxylic acids is 3. The molecule has 8 heteroatoms. The number of aromatic nitrogens is 2. The predicted molar refractivity (Wildman–Crippen MR) is 58.5 cm³/mol. The number of carbonyl (C=O) groups is 3. The topological polar surface area (TPSA) is 79.9 Å². The lowest BCUT2D eigenvalue weighted by Crippen LogP contribution is -1.99. The molecule has 1 N–H and O–H groups in total. The van der Waals surface area contributed by atoms with E-state index in [9.17, 15) is 14.4 Å². The van der Waals surface area contributed by atoms with Gasteiger partial charge in [-0.3, -0.25) is 14.4 Å². The van der Waals surface area contributed by atoms with Crippen molar-refractivity contribution in [3.63, 3.8) is 0 Å². The van der Waals surface area contributed by atoms with Gasteiger partial charge >= 0.3 is 0 Å². The van der Waals surface area contributed by atoms with Gasteiger partial charge < -0.3 is 4.98 Å². The molecule has 0 saturated carbocycles. The zero-order chi connectivity index (χ0) is 10.9. The van der Waals surface area contributed by atoms with E-state index in [0.29, 0.717) is 0 Å². The van der Waals surface area contributed by atoms with Gasteiger partial charge in [-0.2, -0.15) is 0 Å². The van der Waals surface area contributed by atoms with Gasteiger partial charge in [-0.05, 0) is 0 Å². The van der Waals surface area contributed by atoms with E-state index < -0.39 is 15.3 Å². The van der Waals surface area contributed by atoms with E-state index in [1.807, 2.05) is 0 Å². The number of thiol groups is 3. The Morgan fingerprint density at radius 1 is 1.00 bits per heavy atom. The van der Waals surface area contributed by atoms with Crippen LogP contribution in [-0.4, -0.2) is 25.3 Å². The molecule has 0 aliphatic rings. The minimum atomic E-state index is -0.723. The quantitative estimate of drug-likeness (QED) is 0.591. The zero-order valence-electron chi connectivity index (χ0n) is 6.51. The number of aromatic amines is 1. The van der Waals surface area contributed by atoms with E-state index in [4.69, 9.17) is 0 Å². The van der Waals surface area contributed by atoms with Gasteiger partial charge in [0.25, 0.3) is 5.12 Å². The van der Waals surface area contributed by atoms with E-state index >= 15 is 0 Å². The van der Waals surface area contributed by atoms with Crippen molar-refractivity contribution in [1.29, 1.82) is 0 Å². The molecule has 0 aliphatic carbocycles. The smallest absolute Gasteiger partial charge is 0.251 e. The molecule has 0 saturated heterocycles. The van der Waals surface area contributed by atoms with Gasteiger partial charge in [0.05, 0.1) is 0 Å². The summed E-state index contributed by atoms with van der Waals surface area (Å²) in [5.74, 6) is -0.192. The van der Waals surface area contributed by atoms with Crippen LogP contribution in [0.25, 0.3) is 0 Å². The van der Waals surface area contributed by atoms with Crippen LogP contribution in [0.3, 0.4) is 0 Å². The minimum absolute atomic E-state index is 0.161. The molecular weight excluding hydrogens is 244 g/mol. The highest BCUT2D eigenvalue weighted by Crippen LogP contribution is 2.12. The van der Waals surface area contributed by atoms with Crippen molar-refractivity contribution in [2.75, 3.05) is 0 Å². The number of rotatable bonds is 3. The molecule has 1 aromatic rings. The third-order valence-corrected chi connectivity index (χ3v) is 1.97.